The second-order valence-corrected chi connectivity index (χ2v) is 4.84. The van der Waals surface area contributed by atoms with E-state index < -0.39 is 0 Å². The molecule has 0 aliphatic heterocycles. The number of nitrogens with one attached hydrogen (secondary N) is 2. The lowest BCUT2D eigenvalue weighted by atomic mass is 10.1. The summed E-state index contributed by atoms with van der Waals surface area (Å²) in [5.74, 6) is 0.770. The van der Waals surface area contributed by atoms with Crippen LogP contribution >= 0.6 is 0 Å². The number of hydrazine groups is 1. The van der Waals surface area contributed by atoms with Gasteiger partial charge in [-0.15, -0.1) is 0 Å². The Morgan fingerprint density at radius 1 is 1.14 bits per heavy atom. The van der Waals surface area contributed by atoms with Crippen molar-refractivity contribution in [3.05, 3.63) is 59.7 Å². The van der Waals surface area contributed by atoms with Crippen LogP contribution in [0.25, 0.3) is 0 Å². The molecule has 4 nitrogen and oxygen atoms in total. The third kappa shape index (κ3) is 4.53. The first-order valence-electron chi connectivity index (χ1n) is 6.92. The zero-order chi connectivity index (χ0) is 15.1. The number of aryl methyl sites for hydroxylation is 2. The van der Waals surface area contributed by atoms with E-state index in [1.807, 2.05) is 55.5 Å². The van der Waals surface area contributed by atoms with Gasteiger partial charge < -0.3 is 4.74 Å². The van der Waals surface area contributed by atoms with E-state index in [9.17, 15) is 4.79 Å². The van der Waals surface area contributed by atoms with Crippen molar-refractivity contribution in [1.82, 2.24) is 5.43 Å². The van der Waals surface area contributed by atoms with Gasteiger partial charge in [0.05, 0.1) is 12.8 Å². The molecule has 0 aliphatic rings. The van der Waals surface area contributed by atoms with Gasteiger partial charge >= 0.3 is 0 Å². The largest absolute Gasteiger partial charge is 0.497 e. The Morgan fingerprint density at radius 3 is 2.71 bits per heavy atom. The average molecular weight is 284 g/mol. The monoisotopic (exact) mass is 284 g/mol. The minimum Gasteiger partial charge on any atom is -0.497 e. The van der Waals surface area contributed by atoms with Crippen LogP contribution in [0.4, 0.5) is 5.69 Å². The van der Waals surface area contributed by atoms with Crippen LogP contribution < -0.4 is 15.6 Å². The van der Waals surface area contributed by atoms with Crippen molar-refractivity contribution in [2.45, 2.75) is 19.8 Å². The second-order valence-electron chi connectivity index (χ2n) is 4.84. The zero-order valence-corrected chi connectivity index (χ0v) is 12.3. The number of hydrogen-bond acceptors (Lipinski definition) is 3. The number of methoxy groups -OCH3 is 1. The summed E-state index contributed by atoms with van der Waals surface area (Å²) in [5.41, 5.74) is 8.75. The zero-order valence-electron chi connectivity index (χ0n) is 12.3. The van der Waals surface area contributed by atoms with Gasteiger partial charge in [-0.1, -0.05) is 30.3 Å². The average Bonchev–Trinajstić information content (AvgIpc) is 2.52. The van der Waals surface area contributed by atoms with Gasteiger partial charge in [-0.2, -0.15) is 0 Å². The summed E-state index contributed by atoms with van der Waals surface area (Å²) in [6.45, 7) is 1.99. The number of ether oxygens (including phenoxy) is 1. The molecule has 0 saturated carbocycles. The third-order valence-corrected chi connectivity index (χ3v) is 3.26. The fourth-order valence-electron chi connectivity index (χ4n) is 2.00. The van der Waals surface area contributed by atoms with Crippen molar-refractivity contribution in [1.29, 1.82) is 0 Å². The van der Waals surface area contributed by atoms with Crippen molar-refractivity contribution >= 4 is 11.6 Å². The summed E-state index contributed by atoms with van der Waals surface area (Å²) in [6, 6.07) is 15.6. The van der Waals surface area contributed by atoms with Crippen LogP contribution in [0.5, 0.6) is 5.75 Å². The maximum Gasteiger partial charge on any atom is 0.238 e. The lowest BCUT2D eigenvalue weighted by Gasteiger charge is -2.10. The molecule has 0 saturated heterocycles. The van der Waals surface area contributed by atoms with Crippen molar-refractivity contribution < 1.29 is 9.53 Å². The fourth-order valence-corrected chi connectivity index (χ4v) is 2.00. The number of para-hydroxylation sites is 1. The minimum atomic E-state index is -0.0407. The van der Waals surface area contributed by atoms with Crippen LogP contribution in [0, 0.1) is 6.92 Å². The van der Waals surface area contributed by atoms with E-state index in [1.165, 1.54) is 0 Å². The Morgan fingerprint density at radius 2 is 1.95 bits per heavy atom. The normalized spacial score (nSPS) is 10.0. The molecule has 0 heterocycles. The van der Waals surface area contributed by atoms with Gasteiger partial charge in [-0.05, 0) is 42.7 Å². The highest BCUT2D eigenvalue weighted by Crippen LogP contribution is 2.14. The Hall–Kier alpha value is -2.49. The molecule has 2 N–H and O–H groups in total. The van der Waals surface area contributed by atoms with E-state index in [0.717, 1.165) is 22.6 Å². The first kappa shape index (κ1) is 14.9. The SMILES string of the molecule is COc1cccc(CCC(=O)NNc2ccccc2C)c1. The van der Waals surface area contributed by atoms with E-state index in [4.69, 9.17) is 4.74 Å². The minimum absolute atomic E-state index is 0.0407. The van der Waals surface area contributed by atoms with Crippen LogP contribution in [-0.2, 0) is 11.2 Å². The maximum absolute atomic E-state index is 11.9. The fraction of sp³-hybridized carbons (Fsp3) is 0.235. The summed E-state index contributed by atoms with van der Waals surface area (Å²) >= 11 is 0. The van der Waals surface area contributed by atoms with Gasteiger partial charge in [0, 0.05) is 6.42 Å². The number of benzene rings is 2. The highest BCUT2D eigenvalue weighted by Gasteiger charge is 2.03. The molecule has 110 valence electrons. The topological polar surface area (TPSA) is 50.4 Å². The lowest BCUT2D eigenvalue weighted by molar-refractivity contribution is -0.120. The number of carbonyl (C=O) groups is 1. The van der Waals surface area contributed by atoms with E-state index in [2.05, 4.69) is 10.9 Å². The van der Waals surface area contributed by atoms with Gasteiger partial charge in [-0.3, -0.25) is 15.6 Å². The molecule has 1 amide bonds. The summed E-state index contributed by atoms with van der Waals surface area (Å²) < 4.78 is 5.17. The molecule has 4 heteroatoms. The Bertz CT molecular complexity index is 611. The van der Waals surface area contributed by atoms with Crippen molar-refractivity contribution in [2.24, 2.45) is 0 Å². The Kier molecular flexibility index (Phi) is 5.21. The van der Waals surface area contributed by atoms with E-state index in [-0.39, 0.29) is 5.91 Å². The number of amides is 1. The molecule has 2 aromatic rings. The van der Waals surface area contributed by atoms with Crippen LogP contribution in [-0.4, -0.2) is 13.0 Å². The van der Waals surface area contributed by atoms with Gasteiger partial charge in [0.2, 0.25) is 5.91 Å². The van der Waals surface area contributed by atoms with E-state index in [1.54, 1.807) is 7.11 Å². The van der Waals surface area contributed by atoms with Crippen molar-refractivity contribution in [3.63, 3.8) is 0 Å². The second kappa shape index (κ2) is 7.33. The quantitative estimate of drug-likeness (QED) is 0.801. The molecule has 0 spiro atoms. The molecule has 2 aromatic carbocycles. The van der Waals surface area contributed by atoms with Gasteiger partial charge in [0.1, 0.15) is 5.75 Å². The van der Waals surface area contributed by atoms with Crippen LogP contribution in [0.2, 0.25) is 0 Å². The third-order valence-electron chi connectivity index (χ3n) is 3.26. The molecule has 0 unspecified atom stereocenters. The molecule has 21 heavy (non-hydrogen) atoms. The smallest absolute Gasteiger partial charge is 0.238 e. The van der Waals surface area contributed by atoms with Crippen molar-refractivity contribution in [3.8, 4) is 5.75 Å². The molecule has 0 atom stereocenters. The molecular formula is C17H20N2O2. The molecule has 2 rings (SSSR count). The van der Waals surface area contributed by atoms with Gasteiger partial charge in [-0.25, -0.2) is 0 Å². The summed E-state index contributed by atoms with van der Waals surface area (Å²) in [7, 11) is 1.64. The van der Waals surface area contributed by atoms with Crippen LogP contribution in [0.1, 0.15) is 17.5 Å². The standard InChI is InChI=1S/C17H20N2O2/c1-13-6-3-4-9-16(13)18-19-17(20)11-10-14-7-5-8-15(12-14)21-2/h3-9,12,18H,10-11H2,1-2H3,(H,19,20). The Balaban J connectivity index is 1.81. The maximum atomic E-state index is 11.9. The predicted molar refractivity (Wildman–Crippen MR) is 84.3 cm³/mol. The predicted octanol–water partition coefficient (Wildman–Crippen LogP) is 3.08. The summed E-state index contributed by atoms with van der Waals surface area (Å²) in [5, 5.41) is 0. The molecule has 0 radical (unpaired) electrons. The highest BCUT2D eigenvalue weighted by molar-refractivity contribution is 5.77. The number of rotatable bonds is 6. The summed E-state index contributed by atoms with van der Waals surface area (Å²) in [6.07, 6.45) is 1.10. The Labute approximate surface area is 125 Å². The lowest BCUT2D eigenvalue weighted by Crippen LogP contribution is -2.29. The van der Waals surface area contributed by atoms with E-state index >= 15 is 0 Å². The van der Waals surface area contributed by atoms with Crippen LogP contribution in [0.3, 0.4) is 0 Å². The van der Waals surface area contributed by atoms with E-state index in [0.29, 0.717) is 12.8 Å². The van der Waals surface area contributed by atoms with Gasteiger partial charge in [0.25, 0.3) is 0 Å². The number of hydrogen-bond donors (Lipinski definition) is 2. The first-order valence-corrected chi connectivity index (χ1v) is 6.92. The summed E-state index contributed by atoms with van der Waals surface area (Å²) in [4.78, 5) is 11.9. The number of carbonyl (C=O) groups excluding carboxylic acids is 1. The first-order chi connectivity index (χ1) is 10.2. The molecular weight excluding hydrogens is 264 g/mol. The van der Waals surface area contributed by atoms with Gasteiger partial charge in [0.15, 0.2) is 0 Å². The molecule has 0 fully saturated rings. The van der Waals surface area contributed by atoms with Crippen LogP contribution in [0.15, 0.2) is 48.5 Å². The molecule has 0 aromatic heterocycles. The molecule has 0 bridgehead atoms. The van der Waals surface area contributed by atoms with Crippen molar-refractivity contribution in [2.75, 3.05) is 12.5 Å². The molecule has 0 aliphatic carbocycles. The highest BCUT2D eigenvalue weighted by atomic mass is 16.5. The number of anilines is 1.